The van der Waals surface area contributed by atoms with Gasteiger partial charge >= 0.3 is 5.97 Å². The third-order valence-electron chi connectivity index (χ3n) is 6.93. The number of benzene rings is 3. The molecule has 12 heteroatoms. The molecule has 0 saturated heterocycles. The fourth-order valence-electron chi connectivity index (χ4n) is 4.95. The number of thiazole rings is 1. The van der Waals surface area contributed by atoms with E-state index in [9.17, 15) is 14.0 Å². The monoisotopic (exact) mass is 758 g/mol. The van der Waals surface area contributed by atoms with Gasteiger partial charge in [0.2, 0.25) is 0 Å². The molecule has 4 aromatic rings. The highest BCUT2D eigenvalue weighted by Crippen LogP contribution is 2.36. The van der Waals surface area contributed by atoms with Crippen LogP contribution in [0.15, 0.2) is 76.2 Å². The Morgan fingerprint density at radius 2 is 1.65 bits per heavy atom. The Bertz CT molecular complexity index is 1950. The van der Waals surface area contributed by atoms with E-state index < -0.39 is 12.0 Å². The van der Waals surface area contributed by atoms with Crippen molar-refractivity contribution >= 4 is 46.0 Å². The summed E-state index contributed by atoms with van der Waals surface area (Å²) in [5.74, 6) is 1.22. The lowest BCUT2D eigenvalue weighted by Gasteiger charge is -2.23. The Morgan fingerprint density at radius 3 is 2.35 bits per heavy atom. The van der Waals surface area contributed by atoms with Gasteiger partial charge < -0.3 is 23.7 Å². The van der Waals surface area contributed by atoms with Gasteiger partial charge in [-0.2, -0.15) is 0 Å². The van der Waals surface area contributed by atoms with Crippen LogP contribution in [0.4, 0.5) is 4.39 Å². The normalized spacial score (nSPS) is 14.2. The van der Waals surface area contributed by atoms with Crippen LogP contribution in [0.1, 0.15) is 43.5 Å². The second-order valence-corrected chi connectivity index (χ2v) is 12.1. The van der Waals surface area contributed by atoms with Crippen LogP contribution >= 0.6 is 33.9 Å². The van der Waals surface area contributed by atoms with Crippen LogP contribution in [0.2, 0.25) is 0 Å². The van der Waals surface area contributed by atoms with E-state index in [-0.39, 0.29) is 23.6 Å². The zero-order valence-corrected chi connectivity index (χ0v) is 28.6. The number of rotatable bonds is 12. The summed E-state index contributed by atoms with van der Waals surface area (Å²) in [5.41, 5.74) is 2.06. The van der Waals surface area contributed by atoms with E-state index in [2.05, 4.69) is 27.6 Å². The number of hydrogen-bond donors (Lipinski definition) is 0. The van der Waals surface area contributed by atoms with Crippen LogP contribution in [0.3, 0.4) is 0 Å². The van der Waals surface area contributed by atoms with E-state index in [1.54, 1.807) is 36.4 Å². The highest BCUT2D eigenvalue weighted by Gasteiger charge is 2.31. The molecule has 0 radical (unpaired) electrons. The van der Waals surface area contributed by atoms with Crippen molar-refractivity contribution in [3.63, 3.8) is 0 Å². The van der Waals surface area contributed by atoms with Gasteiger partial charge in [-0.3, -0.25) is 9.36 Å². The first-order valence-electron chi connectivity index (χ1n) is 14.6. The maximum atomic E-state index is 14.0. The number of esters is 1. The van der Waals surface area contributed by atoms with Crippen LogP contribution in [0.25, 0.3) is 6.08 Å². The maximum absolute atomic E-state index is 14.0. The van der Waals surface area contributed by atoms with E-state index >= 15 is 0 Å². The third kappa shape index (κ3) is 7.12. The third-order valence-corrected chi connectivity index (χ3v) is 8.73. The van der Waals surface area contributed by atoms with Gasteiger partial charge in [-0.05, 0) is 103 Å². The van der Waals surface area contributed by atoms with Crippen molar-refractivity contribution in [3.8, 4) is 23.0 Å². The average molecular weight is 759 g/mol. The molecular formula is C34H32FIN2O7S. The molecule has 1 atom stereocenters. The molecule has 3 aromatic carbocycles. The van der Waals surface area contributed by atoms with Crippen LogP contribution in [0, 0.1) is 9.39 Å². The molecule has 1 aromatic heterocycles. The lowest BCUT2D eigenvalue weighted by molar-refractivity contribution is -0.136. The minimum atomic E-state index is -0.804. The van der Waals surface area contributed by atoms with Crippen molar-refractivity contribution in [3.05, 3.63) is 112 Å². The number of fused-ring (bicyclic) bond motifs is 1. The predicted octanol–water partition coefficient (Wildman–Crippen LogP) is 5.54. The molecular weight excluding hydrogens is 726 g/mol. The lowest BCUT2D eigenvalue weighted by atomic mass is 9.97. The molecule has 240 valence electrons. The number of hydrogen-bond acceptors (Lipinski definition) is 9. The van der Waals surface area contributed by atoms with Crippen LogP contribution in [-0.4, -0.2) is 37.5 Å². The van der Waals surface area contributed by atoms with E-state index in [1.165, 1.54) is 41.3 Å². The molecule has 0 spiro atoms. The number of nitrogens with zero attached hydrogens (tertiary/aromatic N) is 2. The van der Waals surface area contributed by atoms with Crippen molar-refractivity contribution in [1.29, 1.82) is 0 Å². The molecule has 1 aliphatic heterocycles. The zero-order valence-electron chi connectivity index (χ0n) is 25.7. The predicted molar refractivity (Wildman–Crippen MR) is 181 cm³/mol. The number of carbonyl (C=O) groups is 1. The Morgan fingerprint density at radius 1 is 0.957 bits per heavy atom. The minimum absolute atomic E-state index is 0.212. The van der Waals surface area contributed by atoms with Gasteiger partial charge in [0.05, 0.1) is 46.6 Å². The van der Waals surface area contributed by atoms with Crippen molar-refractivity contribution in [2.75, 3.05) is 26.9 Å². The van der Waals surface area contributed by atoms with Crippen LogP contribution < -0.4 is 33.8 Å². The molecule has 0 unspecified atom stereocenters. The molecule has 5 rings (SSSR count). The van der Waals surface area contributed by atoms with Gasteiger partial charge in [0.1, 0.15) is 12.4 Å². The molecule has 0 bridgehead atoms. The standard InChI is InChI=1S/C34H32FIN2O7S/c1-5-42-26-13-10-22(17-27(26)43-6-2)30-24(33(40)41-4)18-37-34-38(30)32(39)29(46-34)16-21-14-25(36)31(28(15-21)44-7-3)45-19-20-8-11-23(35)12-9-20/h8-18,30H,5-7,19H2,1-4H3/b29-16-/t30-/m0/s1. The SMILES string of the molecule is CCOc1ccc([C@H]2C(C(=O)OC)=CN=c3s/c(=C\c4cc(I)c(OCc5ccc(F)cc5)c(OCC)c4)c(=O)n32)cc1OCC. The van der Waals surface area contributed by atoms with Crippen LogP contribution in [0.5, 0.6) is 23.0 Å². The molecule has 2 heterocycles. The number of ether oxygens (including phenoxy) is 5. The van der Waals surface area contributed by atoms with Gasteiger partial charge in [-0.25, -0.2) is 14.2 Å². The van der Waals surface area contributed by atoms with Gasteiger partial charge in [-0.1, -0.05) is 29.5 Å². The Hall–Kier alpha value is -4.17. The first-order valence-corrected chi connectivity index (χ1v) is 16.5. The van der Waals surface area contributed by atoms with E-state index in [0.29, 0.717) is 57.7 Å². The second kappa shape index (κ2) is 14.9. The first-order chi connectivity index (χ1) is 22.3. The summed E-state index contributed by atoms with van der Waals surface area (Å²) in [6, 6.07) is 14.4. The largest absolute Gasteiger partial charge is 0.490 e. The summed E-state index contributed by atoms with van der Waals surface area (Å²) in [4.78, 5) is 31.8. The van der Waals surface area contributed by atoms with E-state index in [4.69, 9.17) is 23.7 Å². The summed E-state index contributed by atoms with van der Waals surface area (Å²) >= 11 is 3.38. The smallest absolute Gasteiger partial charge is 0.337 e. The molecule has 0 saturated carbocycles. The number of methoxy groups -OCH3 is 1. The summed E-state index contributed by atoms with van der Waals surface area (Å²) in [6.45, 7) is 7.11. The molecule has 0 N–H and O–H groups in total. The molecule has 1 aliphatic rings. The zero-order chi connectivity index (χ0) is 32.8. The van der Waals surface area contributed by atoms with Crippen molar-refractivity contribution in [2.24, 2.45) is 4.99 Å². The van der Waals surface area contributed by atoms with Gasteiger partial charge in [0.25, 0.3) is 5.56 Å². The molecule has 0 aliphatic carbocycles. The minimum Gasteiger partial charge on any atom is -0.490 e. The summed E-state index contributed by atoms with van der Waals surface area (Å²) in [7, 11) is 1.29. The van der Waals surface area contributed by atoms with Crippen molar-refractivity contribution < 1.29 is 32.9 Å². The van der Waals surface area contributed by atoms with E-state index in [1.807, 2.05) is 32.9 Å². The first kappa shape index (κ1) is 33.2. The number of aromatic nitrogens is 1. The van der Waals surface area contributed by atoms with Crippen molar-refractivity contribution in [1.82, 2.24) is 4.57 Å². The van der Waals surface area contributed by atoms with Crippen LogP contribution in [-0.2, 0) is 16.1 Å². The second-order valence-electron chi connectivity index (χ2n) is 9.93. The van der Waals surface area contributed by atoms with Gasteiger partial charge in [0.15, 0.2) is 27.8 Å². The Labute approximate surface area is 282 Å². The molecule has 9 nitrogen and oxygen atoms in total. The Kier molecular flexibility index (Phi) is 10.8. The molecule has 0 fully saturated rings. The summed E-state index contributed by atoms with van der Waals surface area (Å²) in [5, 5.41) is 0. The quantitative estimate of drug-likeness (QED) is 0.138. The lowest BCUT2D eigenvalue weighted by Crippen LogP contribution is -2.39. The number of halogens is 2. The maximum Gasteiger partial charge on any atom is 0.337 e. The van der Waals surface area contributed by atoms with Gasteiger partial charge in [0, 0.05) is 6.20 Å². The van der Waals surface area contributed by atoms with Crippen molar-refractivity contribution in [2.45, 2.75) is 33.4 Å². The summed E-state index contributed by atoms with van der Waals surface area (Å²) < 4.78 is 44.6. The topological polar surface area (TPSA) is 97.6 Å². The fourth-order valence-corrected chi connectivity index (χ4v) is 6.70. The highest BCUT2D eigenvalue weighted by atomic mass is 127. The average Bonchev–Trinajstić information content (AvgIpc) is 3.36. The highest BCUT2D eigenvalue weighted by molar-refractivity contribution is 14.1. The van der Waals surface area contributed by atoms with E-state index in [0.717, 1.165) is 14.7 Å². The molecule has 46 heavy (non-hydrogen) atoms. The fraction of sp³-hybridized carbons (Fsp3) is 0.265. The number of carbonyl (C=O) groups excluding carboxylic acids is 1. The molecule has 0 amide bonds. The summed E-state index contributed by atoms with van der Waals surface area (Å²) in [6.07, 6.45) is 3.21. The van der Waals surface area contributed by atoms with Gasteiger partial charge in [-0.15, -0.1) is 0 Å². The Balaban J connectivity index is 1.57.